The minimum absolute atomic E-state index is 0.0712. The molecule has 1 atom stereocenters. The highest BCUT2D eigenvalue weighted by atomic mass is 79.9. The third-order valence-corrected chi connectivity index (χ3v) is 6.03. The van der Waals surface area contributed by atoms with E-state index in [0.29, 0.717) is 18.5 Å². The van der Waals surface area contributed by atoms with E-state index in [1.54, 1.807) is 17.0 Å². The molecule has 4 nitrogen and oxygen atoms in total. The van der Waals surface area contributed by atoms with E-state index in [-0.39, 0.29) is 23.5 Å². The van der Waals surface area contributed by atoms with Crippen LogP contribution < -0.4 is 0 Å². The van der Waals surface area contributed by atoms with Crippen molar-refractivity contribution in [2.75, 3.05) is 18.1 Å². The molecule has 1 aromatic rings. The number of carbonyl (C=O) groups is 1. The van der Waals surface area contributed by atoms with E-state index in [9.17, 15) is 13.2 Å². The molecule has 1 saturated heterocycles. The average molecular weight is 374 g/mol. The first kappa shape index (κ1) is 16.5. The molecule has 1 aromatic carbocycles. The van der Waals surface area contributed by atoms with Gasteiger partial charge in [0.25, 0.3) is 5.91 Å². The minimum atomic E-state index is -2.99. The van der Waals surface area contributed by atoms with Crippen molar-refractivity contribution < 1.29 is 13.2 Å². The molecule has 6 heteroatoms. The van der Waals surface area contributed by atoms with Crippen LogP contribution in [0.1, 0.15) is 36.5 Å². The first-order chi connectivity index (χ1) is 9.93. The number of carbonyl (C=O) groups excluding carboxylic acids is 1. The fourth-order valence-electron chi connectivity index (χ4n) is 2.56. The van der Waals surface area contributed by atoms with Crippen molar-refractivity contribution in [1.29, 1.82) is 0 Å². The van der Waals surface area contributed by atoms with Crippen LogP contribution in [0.3, 0.4) is 0 Å². The van der Waals surface area contributed by atoms with Crippen molar-refractivity contribution in [2.24, 2.45) is 0 Å². The molecule has 1 aliphatic rings. The van der Waals surface area contributed by atoms with Crippen LogP contribution in [0.2, 0.25) is 0 Å². The SMILES string of the molecule is CCCCN(C(=O)c1ccc(Br)cc1)C1CCS(=O)(=O)C1. The standard InChI is InChI=1S/C15H20BrNO3S/c1-2-3-9-17(14-8-10-21(19,20)11-14)15(18)12-4-6-13(16)7-5-12/h4-7,14H,2-3,8-11H2,1H3. The molecule has 0 saturated carbocycles. The second-order valence-corrected chi connectivity index (χ2v) is 8.56. The summed E-state index contributed by atoms with van der Waals surface area (Å²) in [5, 5.41) is 0. The molecular weight excluding hydrogens is 354 g/mol. The van der Waals surface area contributed by atoms with Crippen molar-refractivity contribution in [2.45, 2.75) is 32.2 Å². The second-order valence-electron chi connectivity index (χ2n) is 5.42. The quantitative estimate of drug-likeness (QED) is 0.797. The van der Waals surface area contributed by atoms with Gasteiger partial charge in [0.2, 0.25) is 0 Å². The Morgan fingerprint density at radius 1 is 1.33 bits per heavy atom. The van der Waals surface area contributed by atoms with Gasteiger partial charge in [0, 0.05) is 22.6 Å². The summed E-state index contributed by atoms with van der Waals surface area (Å²) in [7, 11) is -2.99. The van der Waals surface area contributed by atoms with Crippen molar-refractivity contribution in [3.8, 4) is 0 Å². The molecule has 1 amide bonds. The Bertz CT molecular complexity index is 598. The maximum atomic E-state index is 12.7. The predicted octanol–water partition coefficient (Wildman–Crippen LogP) is 2.88. The van der Waals surface area contributed by atoms with Crippen molar-refractivity contribution in [3.63, 3.8) is 0 Å². The lowest BCUT2D eigenvalue weighted by atomic mass is 10.1. The smallest absolute Gasteiger partial charge is 0.254 e. The number of amides is 1. The summed E-state index contributed by atoms with van der Waals surface area (Å²) in [5.74, 6) is 0.213. The topological polar surface area (TPSA) is 54.5 Å². The molecule has 1 unspecified atom stereocenters. The largest absolute Gasteiger partial charge is 0.335 e. The molecule has 1 heterocycles. The molecule has 0 spiro atoms. The zero-order valence-corrected chi connectivity index (χ0v) is 14.5. The molecule has 116 valence electrons. The molecule has 1 aliphatic heterocycles. The maximum absolute atomic E-state index is 12.7. The van der Waals surface area contributed by atoms with Gasteiger partial charge < -0.3 is 4.90 Å². The number of halogens is 1. The lowest BCUT2D eigenvalue weighted by Crippen LogP contribution is -2.41. The van der Waals surface area contributed by atoms with Crippen LogP contribution in [0, 0.1) is 0 Å². The molecular formula is C15H20BrNO3S. The fraction of sp³-hybridized carbons (Fsp3) is 0.533. The van der Waals surface area contributed by atoms with E-state index in [0.717, 1.165) is 17.3 Å². The summed E-state index contributed by atoms with van der Waals surface area (Å²) in [6.45, 7) is 2.68. The first-order valence-corrected chi connectivity index (χ1v) is 9.81. The summed E-state index contributed by atoms with van der Waals surface area (Å²) < 4.78 is 24.3. The van der Waals surface area contributed by atoms with Gasteiger partial charge in [-0.15, -0.1) is 0 Å². The van der Waals surface area contributed by atoms with Gasteiger partial charge in [-0.2, -0.15) is 0 Å². The van der Waals surface area contributed by atoms with E-state index >= 15 is 0 Å². The van der Waals surface area contributed by atoms with Crippen LogP contribution in [-0.2, 0) is 9.84 Å². The molecule has 0 radical (unpaired) electrons. The maximum Gasteiger partial charge on any atom is 0.254 e. The van der Waals surface area contributed by atoms with Gasteiger partial charge in [-0.25, -0.2) is 8.42 Å². The molecule has 21 heavy (non-hydrogen) atoms. The number of sulfone groups is 1. The van der Waals surface area contributed by atoms with E-state index in [4.69, 9.17) is 0 Å². The number of benzene rings is 1. The number of unbranched alkanes of at least 4 members (excludes halogenated alkanes) is 1. The fourth-order valence-corrected chi connectivity index (χ4v) is 4.55. The van der Waals surface area contributed by atoms with Crippen LogP contribution >= 0.6 is 15.9 Å². The number of nitrogens with zero attached hydrogens (tertiary/aromatic N) is 1. The monoisotopic (exact) mass is 373 g/mol. The predicted molar refractivity (Wildman–Crippen MR) is 87.1 cm³/mol. The van der Waals surface area contributed by atoms with Crippen molar-refractivity contribution in [1.82, 2.24) is 4.90 Å². The van der Waals surface area contributed by atoms with Crippen LogP contribution in [0.25, 0.3) is 0 Å². The third-order valence-electron chi connectivity index (χ3n) is 3.75. The number of hydrogen-bond donors (Lipinski definition) is 0. The molecule has 0 aromatic heterocycles. The first-order valence-electron chi connectivity index (χ1n) is 7.20. The Hall–Kier alpha value is -0.880. The summed E-state index contributed by atoms with van der Waals surface area (Å²) >= 11 is 3.35. The molecule has 0 bridgehead atoms. The third kappa shape index (κ3) is 4.30. The second kappa shape index (κ2) is 6.92. The van der Waals surface area contributed by atoms with Crippen LogP contribution in [-0.4, -0.2) is 43.3 Å². The summed E-state index contributed by atoms with van der Waals surface area (Å²) in [6.07, 6.45) is 2.41. The Kier molecular flexibility index (Phi) is 5.43. The minimum Gasteiger partial charge on any atom is -0.335 e. The zero-order chi connectivity index (χ0) is 15.5. The van der Waals surface area contributed by atoms with Crippen molar-refractivity contribution in [3.05, 3.63) is 34.3 Å². The van der Waals surface area contributed by atoms with Gasteiger partial charge >= 0.3 is 0 Å². The summed E-state index contributed by atoms with van der Waals surface area (Å²) in [6, 6.07) is 7.02. The van der Waals surface area contributed by atoms with Crippen LogP contribution in [0.5, 0.6) is 0 Å². The molecule has 1 fully saturated rings. The molecule has 0 aliphatic carbocycles. The van der Waals surface area contributed by atoms with Crippen LogP contribution in [0.15, 0.2) is 28.7 Å². The highest BCUT2D eigenvalue weighted by Crippen LogP contribution is 2.21. The average Bonchev–Trinajstić information content (AvgIpc) is 2.80. The van der Waals surface area contributed by atoms with Gasteiger partial charge in [-0.1, -0.05) is 29.3 Å². The van der Waals surface area contributed by atoms with E-state index in [1.165, 1.54) is 0 Å². The Labute approximate surface area is 134 Å². The van der Waals surface area contributed by atoms with E-state index < -0.39 is 9.84 Å². The van der Waals surface area contributed by atoms with E-state index in [2.05, 4.69) is 22.9 Å². The van der Waals surface area contributed by atoms with Gasteiger partial charge in [0.1, 0.15) is 0 Å². The van der Waals surface area contributed by atoms with E-state index in [1.807, 2.05) is 12.1 Å². The highest BCUT2D eigenvalue weighted by molar-refractivity contribution is 9.10. The van der Waals surface area contributed by atoms with Gasteiger partial charge in [0.15, 0.2) is 9.84 Å². The Balaban J connectivity index is 2.19. The Morgan fingerprint density at radius 3 is 2.52 bits per heavy atom. The van der Waals surface area contributed by atoms with Gasteiger partial charge in [-0.3, -0.25) is 4.79 Å². The summed E-state index contributed by atoms with van der Waals surface area (Å²) in [5.41, 5.74) is 0.610. The Morgan fingerprint density at radius 2 is 2.00 bits per heavy atom. The number of rotatable bonds is 5. The zero-order valence-electron chi connectivity index (χ0n) is 12.1. The molecule has 0 N–H and O–H groups in total. The lowest BCUT2D eigenvalue weighted by molar-refractivity contribution is 0.0694. The highest BCUT2D eigenvalue weighted by Gasteiger charge is 2.34. The van der Waals surface area contributed by atoms with Gasteiger partial charge in [-0.05, 0) is 37.1 Å². The summed E-state index contributed by atoms with van der Waals surface area (Å²) in [4.78, 5) is 14.4. The lowest BCUT2D eigenvalue weighted by Gasteiger charge is -2.28. The normalized spacial score (nSPS) is 20.4. The van der Waals surface area contributed by atoms with Crippen LogP contribution in [0.4, 0.5) is 0 Å². The number of hydrogen-bond acceptors (Lipinski definition) is 3. The van der Waals surface area contributed by atoms with Gasteiger partial charge in [0.05, 0.1) is 11.5 Å². The molecule has 2 rings (SSSR count). The van der Waals surface area contributed by atoms with Crippen molar-refractivity contribution >= 4 is 31.7 Å².